The van der Waals surface area contributed by atoms with Crippen molar-refractivity contribution in [1.82, 2.24) is 5.32 Å². The first kappa shape index (κ1) is 9.27. The minimum Gasteiger partial charge on any atom is -0.485 e. The molecule has 1 N–H and O–H groups in total. The van der Waals surface area contributed by atoms with E-state index in [4.69, 9.17) is 21.7 Å². The van der Waals surface area contributed by atoms with Crippen LogP contribution < -0.4 is 14.8 Å². The van der Waals surface area contributed by atoms with Gasteiger partial charge in [-0.15, -0.1) is 0 Å². The van der Waals surface area contributed by atoms with Crippen LogP contribution in [0.1, 0.15) is 0 Å². The number of hydrogen-bond donors (Lipinski definition) is 1. The van der Waals surface area contributed by atoms with Gasteiger partial charge in [0, 0.05) is 7.05 Å². The fourth-order valence-electron chi connectivity index (χ4n) is 1.31. The van der Waals surface area contributed by atoms with Gasteiger partial charge in [0.2, 0.25) is 0 Å². The quantitative estimate of drug-likeness (QED) is 0.708. The summed E-state index contributed by atoms with van der Waals surface area (Å²) >= 11 is 5.09. The number of rotatable bonds is 1. The monoisotopic (exact) mass is 209 g/mol. The Balaban J connectivity index is 2.17. The highest BCUT2D eigenvalue weighted by atomic mass is 32.1. The molecule has 0 amide bonds. The van der Waals surface area contributed by atoms with E-state index in [2.05, 4.69) is 5.32 Å². The van der Waals surface area contributed by atoms with E-state index in [1.165, 1.54) is 0 Å². The van der Waals surface area contributed by atoms with Gasteiger partial charge in [-0.05, 0) is 12.1 Å². The molecular weight excluding hydrogens is 198 g/mol. The lowest BCUT2D eigenvalue weighted by Gasteiger charge is -2.26. The van der Waals surface area contributed by atoms with Gasteiger partial charge in [0.25, 0.3) is 0 Å². The van der Waals surface area contributed by atoms with Gasteiger partial charge in [-0.3, -0.25) is 0 Å². The molecule has 1 aliphatic rings. The first-order valence-corrected chi connectivity index (χ1v) is 4.82. The molecule has 14 heavy (non-hydrogen) atoms. The molecule has 1 atom stereocenters. The minimum atomic E-state index is -0.176. The van der Waals surface area contributed by atoms with Gasteiger partial charge < -0.3 is 14.8 Å². The van der Waals surface area contributed by atoms with Crippen LogP contribution in [0.3, 0.4) is 0 Å². The SMILES string of the molecule is CNC(=S)C1COc2ccccc2O1. The maximum Gasteiger partial charge on any atom is 0.182 e. The van der Waals surface area contributed by atoms with Crippen molar-refractivity contribution in [3.05, 3.63) is 24.3 Å². The van der Waals surface area contributed by atoms with Gasteiger partial charge >= 0.3 is 0 Å². The number of hydrogen-bond acceptors (Lipinski definition) is 3. The van der Waals surface area contributed by atoms with E-state index >= 15 is 0 Å². The normalized spacial score (nSPS) is 18.8. The van der Waals surface area contributed by atoms with Gasteiger partial charge in [-0.2, -0.15) is 0 Å². The number of benzene rings is 1. The molecule has 0 aliphatic carbocycles. The van der Waals surface area contributed by atoms with E-state index in [9.17, 15) is 0 Å². The second-order valence-corrected chi connectivity index (χ2v) is 3.42. The van der Waals surface area contributed by atoms with Crippen LogP contribution in [-0.4, -0.2) is 24.7 Å². The average molecular weight is 209 g/mol. The van der Waals surface area contributed by atoms with Crippen LogP contribution in [-0.2, 0) is 0 Å². The lowest BCUT2D eigenvalue weighted by atomic mass is 10.2. The van der Waals surface area contributed by atoms with E-state index < -0.39 is 0 Å². The molecule has 74 valence electrons. The Bertz CT molecular complexity index is 354. The van der Waals surface area contributed by atoms with Crippen LogP contribution in [0.25, 0.3) is 0 Å². The first-order chi connectivity index (χ1) is 6.81. The van der Waals surface area contributed by atoms with Crippen molar-refractivity contribution in [3.8, 4) is 11.5 Å². The molecule has 0 radical (unpaired) electrons. The predicted molar refractivity (Wildman–Crippen MR) is 58.0 cm³/mol. The third kappa shape index (κ3) is 1.65. The molecule has 0 saturated heterocycles. The van der Waals surface area contributed by atoms with Crippen LogP contribution in [0, 0.1) is 0 Å². The van der Waals surface area contributed by atoms with E-state index in [-0.39, 0.29) is 6.10 Å². The number of likely N-dealkylation sites (N-methyl/N-ethyl adjacent to an activating group) is 1. The van der Waals surface area contributed by atoms with Crippen LogP contribution >= 0.6 is 12.2 Å². The first-order valence-electron chi connectivity index (χ1n) is 4.41. The van der Waals surface area contributed by atoms with Crippen LogP contribution in [0.5, 0.6) is 11.5 Å². The van der Waals surface area contributed by atoms with Crippen molar-refractivity contribution in [1.29, 1.82) is 0 Å². The third-order valence-electron chi connectivity index (χ3n) is 2.05. The molecule has 4 heteroatoms. The highest BCUT2D eigenvalue weighted by Gasteiger charge is 2.23. The Morgan fingerprint density at radius 2 is 2.14 bits per heavy atom. The van der Waals surface area contributed by atoms with E-state index in [1.807, 2.05) is 24.3 Å². The smallest absolute Gasteiger partial charge is 0.182 e. The molecule has 1 heterocycles. The van der Waals surface area contributed by atoms with Gasteiger partial charge in [0.05, 0.1) is 0 Å². The maximum absolute atomic E-state index is 5.66. The highest BCUT2D eigenvalue weighted by molar-refractivity contribution is 7.80. The summed E-state index contributed by atoms with van der Waals surface area (Å²) in [5.74, 6) is 1.53. The zero-order chi connectivity index (χ0) is 9.97. The largest absolute Gasteiger partial charge is 0.485 e. The topological polar surface area (TPSA) is 30.5 Å². The summed E-state index contributed by atoms with van der Waals surface area (Å²) in [6.07, 6.45) is -0.176. The summed E-state index contributed by atoms with van der Waals surface area (Å²) in [5, 5.41) is 2.89. The molecule has 1 aromatic rings. The molecule has 2 rings (SSSR count). The Morgan fingerprint density at radius 1 is 1.43 bits per heavy atom. The summed E-state index contributed by atoms with van der Waals surface area (Å²) < 4.78 is 11.2. The molecule has 0 spiro atoms. The number of ether oxygens (including phenoxy) is 2. The zero-order valence-electron chi connectivity index (χ0n) is 7.82. The zero-order valence-corrected chi connectivity index (χ0v) is 8.64. The van der Waals surface area contributed by atoms with Crippen LogP contribution in [0.15, 0.2) is 24.3 Å². The standard InChI is InChI=1S/C10H11NO2S/c1-11-10(14)9-6-12-7-4-2-3-5-8(7)13-9/h2-5,9H,6H2,1H3,(H,11,14). The maximum atomic E-state index is 5.66. The van der Waals surface area contributed by atoms with E-state index in [0.29, 0.717) is 11.6 Å². The lowest BCUT2D eigenvalue weighted by Crippen LogP contribution is -2.41. The lowest BCUT2D eigenvalue weighted by molar-refractivity contribution is 0.134. The molecule has 0 bridgehead atoms. The Hall–Kier alpha value is -1.29. The van der Waals surface area contributed by atoms with Gasteiger partial charge in [-0.1, -0.05) is 24.4 Å². The van der Waals surface area contributed by atoms with Crippen molar-refractivity contribution in [2.45, 2.75) is 6.10 Å². The molecular formula is C10H11NO2S. The molecule has 0 fully saturated rings. The fourth-order valence-corrected chi connectivity index (χ4v) is 1.43. The minimum absolute atomic E-state index is 0.176. The summed E-state index contributed by atoms with van der Waals surface area (Å²) in [4.78, 5) is 0.666. The number of thiocarbonyl (C=S) groups is 1. The molecule has 0 saturated carbocycles. The Labute approximate surface area is 88.0 Å². The predicted octanol–water partition coefficient (Wildman–Crippen LogP) is 1.37. The second kappa shape index (κ2) is 3.84. The second-order valence-electron chi connectivity index (χ2n) is 2.98. The van der Waals surface area contributed by atoms with Crippen molar-refractivity contribution in [2.24, 2.45) is 0 Å². The summed E-state index contributed by atoms with van der Waals surface area (Å²) in [6.45, 7) is 0.469. The van der Waals surface area contributed by atoms with Gasteiger partial charge in [0.1, 0.15) is 11.6 Å². The number of nitrogens with one attached hydrogen (secondary N) is 1. The van der Waals surface area contributed by atoms with Gasteiger partial charge in [0.15, 0.2) is 17.6 Å². The molecule has 0 aromatic heterocycles. The summed E-state index contributed by atoms with van der Waals surface area (Å²) in [7, 11) is 1.78. The van der Waals surface area contributed by atoms with Crippen molar-refractivity contribution < 1.29 is 9.47 Å². The highest BCUT2D eigenvalue weighted by Crippen LogP contribution is 2.30. The Kier molecular flexibility index (Phi) is 2.54. The van der Waals surface area contributed by atoms with Crippen LogP contribution in [0.4, 0.5) is 0 Å². The molecule has 1 aromatic carbocycles. The van der Waals surface area contributed by atoms with Crippen LogP contribution in [0.2, 0.25) is 0 Å². The molecule has 1 unspecified atom stereocenters. The van der Waals surface area contributed by atoms with Crippen molar-refractivity contribution in [3.63, 3.8) is 0 Å². The number of para-hydroxylation sites is 2. The molecule has 1 aliphatic heterocycles. The Morgan fingerprint density at radius 3 is 2.86 bits per heavy atom. The summed E-state index contributed by atoms with van der Waals surface area (Å²) in [5.41, 5.74) is 0. The molecule has 3 nitrogen and oxygen atoms in total. The van der Waals surface area contributed by atoms with Crippen molar-refractivity contribution >= 4 is 17.2 Å². The average Bonchev–Trinajstić information content (AvgIpc) is 2.27. The number of fused-ring (bicyclic) bond motifs is 1. The van der Waals surface area contributed by atoms with E-state index in [0.717, 1.165) is 11.5 Å². The summed E-state index contributed by atoms with van der Waals surface area (Å²) in [6, 6.07) is 7.58. The third-order valence-corrected chi connectivity index (χ3v) is 2.51. The fraction of sp³-hybridized carbons (Fsp3) is 0.300. The van der Waals surface area contributed by atoms with E-state index in [1.54, 1.807) is 7.05 Å². The van der Waals surface area contributed by atoms with Crippen molar-refractivity contribution in [2.75, 3.05) is 13.7 Å². The van der Waals surface area contributed by atoms with Gasteiger partial charge in [-0.25, -0.2) is 0 Å².